The van der Waals surface area contributed by atoms with E-state index in [0.29, 0.717) is 20.6 Å². The van der Waals surface area contributed by atoms with E-state index in [9.17, 15) is 14.4 Å². The van der Waals surface area contributed by atoms with Crippen molar-refractivity contribution in [2.45, 2.75) is 25.3 Å². The Kier molecular flexibility index (Phi) is 7.20. The second-order valence-corrected chi connectivity index (χ2v) is 11.6. The SMILES string of the molecule is CCN1/C(=C/C=c2/s/c(=C3\SC(=S)N(CC(=O)O)C3=O)n(CC)c2=O)Sc2ccc(Br)cc21. The van der Waals surface area contributed by atoms with Crippen molar-refractivity contribution in [2.75, 3.05) is 18.0 Å². The summed E-state index contributed by atoms with van der Waals surface area (Å²) in [7, 11) is 0. The van der Waals surface area contributed by atoms with E-state index < -0.39 is 18.4 Å². The molecule has 1 aromatic heterocycles. The smallest absolute Gasteiger partial charge is 0.323 e. The van der Waals surface area contributed by atoms with Gasteiger partial charge in [0.2, 0.25) is 0 Å². The maximum atomic E-state index is 13.1. The second-order valence-electron chi connectivity index (χ2n) is 6.93. The number of nitrogens with zero attached hydrogens (tertiary/aromatic N) is 3. The topological polar surface area (TPSA) is 82.8 Å². The Morgan fingerprint density at radius 3 is 2.58 bits per heavy atom. The molecule has 2 aliphatic rings. The largest absolute Gasteiger partial charge is 0.480 e. The summed E-state index contributed by atoms with van der Waals surface area (Å²) in [5.74, 6) is -1.62. The van der Waals surface area contributed by atoms with Gasteiger partial charge in [-0.2, -0.15) is 0 Å². The number of amides is 1. The third-order valence-electron chi connectivity index (χ3n) is 4.95. The van der Waals surface area contributed by atoms with E-state index in [1.54, 1.807) is 17.8 Å². The van der Waals surface area contributed by atoms with E-state index in [4.69, 9.17) is 17.3 Å². The first-order valence-electron chi connectivity index (χ1n) is 9.91. The number of aromatic nitrogens is 1. The molecule has 7 nitrogen and oxygen atoms in total. The number of hydrogen-bond acceptors (Lipinski definition) is 8. The molecule has 33 heavy (non-hydrogen) atoms. The van der Waals surface area contributed by atoms with Crippen LogP contribution in [-0.2, 0) is 16.1 Å². The zero-order chi connectivity index (χ0) is 23.9. The van der Waals surface area contributed by atoms with Gasteiger partial charge in [-0.1, -0.05) is 51.7 Å². The molecule has 2 aromatic rings. The summed E-state index contributed by atoms with van der Waals surface area (Å²) in [6, 6.07) is 6.14. The first-order chi connectivity index (χ1) is 15.7. The highest BCUT2D eigenvalue weighted by Crippen LogP contribution is 2.46. The molecule has 1 saturated heterocycles. The van der Waals surface area contributed by atoms with Crippen molar-refractivity contribution in [3.63, 3.8) is 0 Å². The summed E-state index contributed by atoms with van der Waals surface area (Å²) in [6.45, 7) is 4.57. The van der Waals surface area contributed by atoms with Crippen molar-refractivity contribution in [3.8, 4) is 0 Å². The van der Waals surface area contributed by atoms with Crippen LogP contribution in [0.4, 0.5) is 5.69 Å². The van der Waals surface area contributed by atoms with Gasteiger partial charge in [0.25, 0.3) is 11.5 Å². The molecule has 4 rings (SSSR count). The number of allylic oxidation sites excluding steroid dienone is 1. The number of thioether (sulfide) groups is 2. The van der Waals surface area contributed by atoms with Gasteiger partial charge in [0, 0.05) is 22.5 Å². The van der Waals surface area contributed by atoms with Gasteiger partial charge in [0.05, 0.1) is 15.2 Å². The summed E-state index contributed by atoms with van der Waals surface area (Å²) >= 11 is 12.6. The van der Waals surface area contributed by atoms with E-state index >= 15 is 0 Å². The van der Waals surface area contributed by atoms with Crippen molar-refractivity contribution in [3.05, 3.63) is 53.3 Å². The van der Waals surface area contributed by atoms with E-state index in [0.717, 1.165) is 43.3 Å². The third-order valence-corrected chi connectivity index (χ3v) is 9.29. The fourth-order valence-electron chi connectivity index (χ4n) is 3.46. The molecule has 0 bridgehead atoms. The van der Waals surface area contributed by atoms with Gasteiger partial charge >= 0.3 is 5.97 Å². The quantitative estimate of drug-likeness (QED) is 0.538. The van der Waals surface area contributed by atoms with Gasteiger partial charge in [-0.3, -0.25) is 23.9 Å². The number of carbonyl (C=O) groups excluding carboxylic acids is 1. The molecule has 3 heterocycles. The number of fused-ring (bicyclic) bond motifs is 1. The number of halogens is 1. The van der Waals surface area contributed by atoms with Crippen LogP contribution in [0.2, 0.25) is 0 Å². The molecule has 0 saturated carbocycles. The first kappa shape index (κ1) is 24.3. The van der Waals surface area contributed by atoms with Crippen molar-refractivity contribution in [2.24, 2.45) is 0 Å². The average molecular weight is 585 g/mol. The van der Waals surface area contributed by atoms with Crippen LogP contribution in [0.3, 0.4) is 0 Å². The van der Waals surface area contributed by atoms with E-state index in [-0.39, 0.29) is 9.88 Å². The molecule has 1 N–H and O–H groups in total. The number of aliphatic carboxylic acids is 1. The summed E-state index contributed by atoms with van der Waals surface area (Å²) in [5, 5.41) is 10.1. The van der Waals surface area contributed by atoms with Gasteiger partial charge in [-0.05, 0) is 44.2 Å². The fourth-order valence-corrected chi connectivity index (χ4v) is 7.44. The minimum Gasteiger partial charge on any atom is -0.480 e. The Bertz CT molecular complexity index is 1400. The minimum atomic E-state index is -1.14. The number of rotatable bonds is 5. The van der Waals surface area contributed by atoms with Gasteiger partial charge in [0.1, 0.15) is 20.4 Å². The lowest BCUT2D eigenvalue weighted by atomic mass is 10.3. The van der Waals surface area contributed by atoms with Crippen LogP contribution < -0.4 is 19.7 Å². The van der Waals surface area contributed by atoms with Gasteiger partial charge < -0.3 is 10.0 Å². The Balaban J connectivity index is 1.78. The molecule has 0 radical (unpaired) electrons. The number of carboxylic acids is 1. The molecular formula is C21H18BrN3O4S4. The summed E-state index contributed by atoms with van der Waals surface area (Å²) < 4.78 is 3.71. The molecule has 1 fully saturated rings. The molecule has 0 unspecified atom stereocenters. The summed E-state index contributed by atoms with van der Waals surface area (Å²) in [5.41, 5.74) is 0.925. The van der Waals surface area contributed by atoms with Crippen LogP contribution in [0.15, 0.2) is 43.5 Å². The van der Waals surface area contributed by atoms with E-state index in [1.807, 2.05) is 19.1 Å². The summed E-state index contributed by atoms with van der Waals surface area (Å²) in [6.07, 6.45) is 3.71. The van der Waals surface area contributed by atoms with Gasteiger partial charge in [-0.25, -0.2) is 0 Å². The number of carboxylic acid groups (broad SMARTS) is 1. The highest BCUT2D eigenvalue weighted by molar-refractivity contribution is 9.10. The predicted octanol–water partition coefficient (Wildman–Crippen LogP) is 3.00. The lowest BCUT2D eigenvalue weighted by molar-refractivity contribution is -0.140. The normalized spacial score (nSPS) is 19.2. The Hall–Kier alpha value is -1.86. The maximum Gasteiger partial charge on any atom is 0.323 e. The Labute approximate surface area is 215 Å². The third kappa shape index (κ3) is 4.59. The molecule has 0 aliphatic carbocycles. The average Bonchev–Trinajstić information content (AvgIpc) is 3.37. The van der Waals surface area contributed by atoms with Crippen LogP contribution in [0.25, 0.3) is 11.0 Å². The first-order valence-corrected chi connectivity index (χ1v) is 13.6. The zero-order valence-electron chi connectivity index (χ0n) is 17.5. The highest BCUT2D eigenvalue weighted by atomic mass is 79.9. The van der Waals surface area contributed by atoms with Crippen LogP contribution in [0.1, 0.15) is 13.8 Å². The molecule has 0 atom stereocenters. The Morgan fingerprint density at radius 2 is 1.91 bits per heavy atom. The molecule has 12 heteroatoms. The number of thiazole rings is 1. The maximum absolute atomic E-state index is 13.1. The monoisotopic (exact) mass is 583 g/mol. The number of anilines is 1. The lowest BCUT2D eigenvalue weighted by Gasteiger charge is -2.17. The fraction of sp³-hybridized carbons (Fsp3) is 0.238. The number of thiocarbonyl (C=S) groups is 1. The lowest BCUT2D eigenvalue weighted by Crippen LogP contribution is -2.35. The standard InChI is InChI=1S/C21H18BrN3O4S4/c1-3-23-12-9-11(22)5-6-13(12)31-15(23)8-7-14-18(28)24(4-2)20(32-14)17-19(29)25(10-16(26)27)21(30)33-17/h5-9H,3-4,10H2,1-2H3,(H,26,27)/b14-7+,15-8-,20-17-. The van der Waals surface area contributed by atoms with Crippen LogP contribution in [0, 0.1) is 0 Å². The predicted molar refractivity (Wildman–Crippen MR) is 142 cm³/mol. The minimum absolute atomic E-state index is 0.179. The van der Waals surface area contributed by atoms with E-state index in [2.05, 4.69) is 39.9 Å². The number of carbonyl (C=O) groups is 2. The zero-order valence-corrected chi connectivity index (χ0v) is 22.4. The summed E-state index contributed by atoms with van der Waals surface area (Å²) in [4.78, 5) is 41.6. The van der Waals surface area contributed by atoms with Gasteiger partial charge in [0.15, 0.2) is 0 Å². The molecule has 2 aliphatic heterocycles. The molecule has 1 aromatic carbocycles. The molecular weight excluding hydrogens is 566 g/mol. The van der Waals surface area contributed by atoms with E-state index in [1.165, 1.54) is 15.9 Å². The number of benzene rings is 1. The molecule has 0 spiro atoms. The Morgan fingerprint density at radius 1 is 1.15 bits per heavy atom. The van der Waals surface area contributed by atoms with Crippen molar-refractivity contribution in [1.82, 2.24) is 9.47 Å². The highest BCUT2D eigenvalue weighted by Gasteiger charge is 2.35. The van der Waals surface area contributed by atoms with Crippen molar-refractivity contribution >= 4 is 95.9 Å². The van der Waals surface area contributed by atoms with Crippen molar-refractivity contribution < 1.29 is 14.7 Å². The number of hydrogen-bond donors (Lipinski definition) is 1. The second kappa shape index (κ2) is 9.79. The molecule has 172 valence electrons. The van der Waals surface area contributed by atoms with Crippen LogP contribution in [-0.4, -0.2) is 43.9 Å². The molecule has 1 amide bonds. The van der Waals surface area contributed by atoms with Gasteiger partial charge in [-0.15, -0.1) is 11.3 Å². The van der Waals surface area contributed by atoms with Crippen LogP contribution >= 0.6 is 63.0 Å². The van der Waals surface area contributed by atoms with Crippen molar-refractivity contribution in [1.29, 1.82) is 0 Å². The van der Waals surface area contributed by atoms with Crippen LogP contribution in [0.5, 0.6) is 0 Å².